The fourth-order valence-corrected chi connectivity index (χ4v) is 3.18. The summed E-state index contributed by atoms with van der Waals surface area (Å²) in [5.74, 6) is 0.572. The third-order valence-electron chi connectivity index (χ3n) is 4.60. The highest BCUT2D eigenvalue weighted by Gasteiger charge is 2.39. The molecule has 136 valence electrons. The molecule has 0 unspecified atom stereocenters. The van der Waals surface area contributed by atoms with Gasteiger partial charge in [0.15, 0.2) is 0 Å². The van der Waals surface area contributed by atoms with Crippen LogP contribution in [0.5, 0.6) is 0 Å². The number of carbonyl (C=O) groups is 2. The molecule has 0 radical (unpaired) electrons. The van der Waals surface area contributed by atoms with Gasteiger partial charge in [0.25, 0.3) is 5.56 Å². The minimum absolute atomic E-state index is 0.0961. The maximum Gasteiger partial charge on any atom is 0.252 e. The molecule has 8 heteroatoms. The number of nitrogens with one attached hydrogen (secondary N) is 3. The summed E-state index contributed by atoms with van der Waals surface area (Å²) in [5.41, 5.74) is 0.419. The third-order valence-corrected chi connectivity index (χ3v) is 4.60. The number of aromatic nitrogens is 2. The predicted molar refractivity (Wildman–Crippen MR) is 93.2 cm³/mol. The Balaban J connectivity index is 1.47. The molecule has 0 bridgehead atoms. The van der Waals surface area contributed by atoms with E-state index in [4.69, 9.17) is 0 Å². The smallest absolute Gasteiger partial charge is 0.252 e. The Hall–Kier alpha value is -2.38. The van der Waals surface area contributed by atoms with Gasteiger partial charge in [-0.2, -0.15) is 0 Å². The normalized spacial score (nSPS) is 20.2. The molecule has 0 aromatic carbocycles. The first-order valence-corrected chi connectivity index (χ1v) is 8.94. The molecular formula is C17H25N5O3. The summed E-state index contributed by atoms with van der Waals surface area (Å²) in [7, 11) is 0. The van der Waals surface area contributed by atoms with Crippen molar-refractivity contribution in [3.63, 3.8) is 0 Å². The Morgan fingerprint density at radius 2 is 2.08 bits per heavy atom. The highest BCUT2D eigenvalue weighted by Crippen LogP contribution is 2.33. The quantitative estimate of drug-likeness (QED) is 0.646. The van der Waals surface area contributed by atoms with Gasteiger partial charge in [-0.05, 0) is 39.0 Å². The van der Waals surface area contributed by atoms with Crippen LogP contribution in [0.2, 0.25) is 0 Å². The molecule has 2 aliphatic rings. The largest absolute Gasteiger partial charge is 0.354 e. The number of nitrogens with zero attached hydrogens (tertiary/aromatic N) is 2. The Kier molecular flexibility index (Phi) is 5.35. The minimum Gasteiger partial charge on any atom is -0.354 e. The molecule has 8 nitrogen and oxygen atoms in total. The number of carbonyl (C=O) groups excluding carboxylic acids is 2. The number of H-pyrrole nitrogens is 1. The van der Waals surface area contributed by atoms with Gasteiger partial charge in [0.1, 0.15) is 6.04 Å². The van der Waals surface area contributed by atoms with Gasteiger partial charge in [-0.1, -0.05) is 0 Å². The lowest BCUT2D eigenvalue weighted by Crippen LogP contribution is -2.52. The molecule has 1 aliphatic heterocycles. The molecule has 1 atom stereocenters. The lowest BCUT2D eigenvalue weighted by atomic mass is 10.0. The van der Waals surface area contributed by atoms with Crippen LogP contribution in [-0.4, -0.2) is 52.4 Å². The zero-order valence-electron chi connectivity index (χ0n) is 14.5. The van der Waals surface area contributed by atoms with Crippen LogP contribution in [0, 0.1) is 12.8 Å². The molecule has 1 saturated carbocycles. The monoisotopic (exact) mass is 347 g/mol. The van der Waals surface area contributed by atoms with Gasteiger partial charge >= 0.3 is 0 Å². The molecule has 2 amide bonds. The Bertz CT molecular complexity index is 698. The van der Waals surface area contributed by atoms with E-state index in [1.54, 1.807) is 11.8 Å². The van der Waals surface area contributed by atoms with Crippen molar-refractivity contribution in [3.8, 4) is 0 Å². The van der Waals surface area contributed by atoms with Crippen molar-refractivity contribution in [2.75, 3.05) is 25.0 Å². The summed E-state index contributed by atoms with van der Waals surface area (Å²) < 4.78 is 0. The van der Waals surface area contributed by atoms with Gasteiger partial charge in [0, 0.05) is 37.3 Å². The lowest BCUT2D eigenvalue weighted by Gasteiger charge is -2.35. The van der Waals surface area contributed by atoms with Crippen LogP contribution in [0.3, 0.4) is 0 Å². The van der Waals surface area contributed by atoms with E-state index in [0.29, 0.717) is 31.3 Å². The number of hydrogen-bond donors (Lipinski definition) is 3. The zero-order valence-corrected chi connectivity index (χ0v) is 14.5. The Morgan fingerprint density at radius 3 is 2.80 bits per heavy atom. The minimum atomic E-state index is -0.348. The lowest BCUT2D eigenvalue weighted by molar-refractivity contribution is -0.143. The van der Waals surface area contributed by atoms with E-state index < -0.39 is 0 Å². The van der Waals surface area contributed by atoms with Gasteiger partial charge in [0.05, 0.1) is 0 Å². The van der Waals surface area contributed by atoms with Crippen molar-refractivity contribution in [3.05, 3.63) is 22.1 Å². The highest BCUT2D eigenvalue weighted by molar-refractivity contribution is 5.89. The third kappa shape index (κ3) is 4.58. The molecule has 3 rings (SSSR count). The van der Waals surface area contributed by atoms with Crippen LogP contribution in [0.25, 0.3) is 0 Å². The summed E-state index contributed by atoms with van der Waals surface area (Å²) in [6.07, 6.45) is 4.57. The summed E-state index contributed by atoms with van der Waals surface area (Å²) in [4.78, 5) is 44.7. The average Bonchev–Trinajstić information content (AvgIpc) is 3.42. The topological polar surface area (TPSA) is 107 Å². The number of hydrogen-bond acceptors (Lipinski definition) is 5. The van der Waals surface area contributed by atoms with E-state index in [-0.39, 0.29) is 29.3 Å². The molecule has 25 heavy (non-hydrogen) atoms. The number of likely N-dealkylation sites (tertiary alicyclic amines) is 1. The number of aryl methyl sites for hydroxylation is 1. The number of rotatable bonds is 6. The van der Waals surface area contributed by atoms with E-state index in [0.717, 1.165) is 32.1 Å². The van der Waals surface area contributed by atoms with Crippen molar-refractivity contribution in [1.82, 2.24) is 20.2 Å². The van der Waals surface area contributed by atoms with Crippen LogP contribution in [0.15, 0.2) is 10.9 Å². The van der Waals surface area contributed by atoms with Gasteiger partial charge in [-0.3, -0.25) is 19.4 Å². The number of anilines is 1. The number of aromatic amines is 1. The molecule has 2 heterocycles. The second kappa shape index (κ2) is 7.67. The molecule has 1 saturated heterocycles. The molecule has 1 aromatic rings. The molecular weight excluding hydrogens is 322 g/mol. The Labute approximate surface area is 146 Å². The summed E-state index contributed by atoms with van der Waals surface area (Å²) in [6.45, 7) is 3.27. The first-order valence-electron chi connectivity index (χ1n) is 8.94. The maximum absolute atomic E-state index is 12.5. The first-order chi connectivity index (χ1) is 12.0. The molecule has 1 aliphatic carbocycles. The van der Waals surface area contributed by atoms with Crippen LogP contribution < -0.4 is 16.2 Å². The predicted octanol–water partition coefficient (Wildman–Crippen LogP) is 0.398. The van der Waals surface area contributed by atoms with Crippen LogP contribution in [0.1, 0.15) is 37.8 Å². The average molecular weight is 347 g/mol. The summed E-state index contributed by atoms with van der Waals surface area (Å²) in [5, 5.41) is 5.87. The van der Waals surface area contributed by atoms with E-state index in [9.17, 15) is 14.4 Å². The van der Waals surface area contributed by atoms with Crippen molar-refractivity contribution in [2.45, 2.75) is 45.1 Å². The second-order valence-electron chi connectivity index (χ2n) is 6.77. The molecule has 1 aromatic heterocycles. The van der Waals surface area contributed by atoms with Crippen LogP contribution >= 0.6 is 0 Å². The summed E-state index contributed by atoms with van der Waals surface area (Å²) in [6, 6.07) is 1.07. The molecule has 2 fully saturated rings. The van der Waals surface area contributed by atoms with Gasteiger partial charge in [0.2, 0.25) is 17.8 Å². The molecule has 0 spiro atoms. The standard InChI is InChI=1S/C17H25N5O3/c1-11-10-14(23)21-17(20-11)19-8-7-18-15(24)13-4-2-3-9-22(13)16(25)12-5-6-12/h10,12-13H,2-9H2,1H3,(H,18,24)(H2,19,20,21,23)/t13-/m0/s1. The van der Waals surface area contributed by atoms with Crippen molar-refractivity contribution in [1.29, 1.82) is 0 Å². The van der Waals surface area contributed by atoms with Gasteiger partial charge in [-0.15, -0.1) is 0 Å². The van der Waals surface area contributed by atoms with Crippen molar-refractivity contribution >= 4 is 17.8 Å². The van der Waals surface area contributed by atoms with E-state index >= 15 is 0 Å². The van der Waals surface area contributed by atoms with E-state index in [1.165, 1.54) is 6.07 Å². The van der Waals surface area contributed by atoms with Crippen LogP contribution in [0.4, 0.5) is 5.95 Å². The SMILES string of the molecule is Cc1cc(=O)[nH]c(NCCNC(=O)[C@@H]2CCCCN2C(=O)C2CC2)n1. The van der Waals surface area contributed by atoms with Gasteiger partial charge in [-0.25, -0.2) is 4.98 Å². The first kappa shape index (κ1) is 17.4. The van der Waals surface area contributed by atoms with E-state index in [2.05, 4.69) is 20.6 Å². The van der Waals surface area contributed by atoms with Crippen LogP contribution in [-0.2, 0) is 9.59 Å². The fraction of sp³-hybridized carbons (Fsp3) is 0.647. The zero-order chi connectivity index (χ0) is 17.8. The fourth-order valence-electron chi connectivity index (χ4n) is 3.18. The number of amides is 2. The van der Waals surface area contributed by atoms with Gasteiger partial charge < -0.3 is 15.5 Å². The van der Waals surface area contributed by atoms with E-state index in [1.807, 2.05) is 0 Å². The highest BCUT2D eigenvalue weighted by atomic mass is 16.2. The van der Waals surface area contributed by atoms with Crippen molar-refractivity contribution < 1.29 is 9.59 Å². The maximum atomic E-state index is 12.5. The summed E-state index contributed by atoms with van der Waals surface area (Å²) >= 11 is 0. The molecule has 3 N–H and O–H groups in total. The second-order valence-corrected chi connectivity index (χ2v) is 6.77. The number of piperidine rings is 1. The van der Waals surface area contributed by atoms with Crippen molar-refractivity contribution in [2.24, 2.45) is 5.92 Å². The Morgan fingerprint density at radius 1 is 1.28 bits per heavy atom.